The number of carboxylic acids is 1. The van der Waals surface area contributed by atoms with Gasteiger partial charge in [-0.2, -0.15) is 0 Å². The van der Waals surface area contributed by atoms with Gasteiger partial charge in [0.25, 0.3) is 11.8 Å². The molecule has 0 fully saturated rings. The third-order valence-corrected chi connectivity index (χ3v) is 3.34. The average Bonchev–Trinajstić information content (AvgIpc) is 3.29. The molecule has 0 atom stereocenters. The summed E-state index contributed by atoms with van der Waals surface area (Å²) in [6, 6.07) is 7.87. The van der Waals surface area contributed by atoms with Crippen LogP contribution >= 0.6 is 0 Å². The second kappa shape index (κ2) is 7.43. The normalized spacial score (nSPS) is 12.5. The third-order valence-electron chi connectivity index (χ3n) is 3.34. The first-order chi connectivity index (χ1) is 12.5. The van der Waals surface area contributed by atoms with Crippen molar-refractivity contribution in [1.29, 1.82) is 0 Å². The summed E-state index contributed by atoms with van der Waals surface area (Å²) in [5.74, 6) is -1.87. The standard InChI is InChI=1S/C17H14N2O7/c20-15(21)8-18-16(22)11(19-17(23)13-2-1-5-24-13)6-10-3-4-12-14(7-10)26-9-25-12/h1-7H,8-9H2,(H,18,22)(H,19,23)(H,20,21)/p-1/b11-6-. The van der Waals surface area contributed by atoms with Crippen LogP contribution in [0.15, 0.2) is 46.7 Å². The van der Waals surface area contributed by atoms with Gasteiger partial charge in [0.1, 0.15) is 5.70 Å². The van der Waals surface area contributed by atoms with Crippen molar-refractivity contribution in [3.8, 4) is 11.5 Å². The fourth-order valence-corrected chi connectivity index (χ4v) is 2.17. The number of benzene rings is 1. The van der Waals surface area contributed by atoms with Crippen LogP contribution in [-0.2, 0) is 9.59 Å². The monoisotopic (exact) mass is 357 g/mol. The zero-order chi connectivity index (χ0) is 18.5. The molecule has 9 nitrogen and oxygen atoms in total. The van der Waals surface area contributed by atoms with Crippen molar-refractivity contribution in [2.24, 2.45) is 0 Å². The first-order valence-corrected chi connectivity index (χ1v) is 7.47. The number of carboxylic acid groups (broad SMARTS) is 1. The Kier molecular flexibility index (Phi) is 4.88. The minimum absolute atomic E-state index is 0.00529. The summed E-state index contributed by atoms with van der Waals surface area (Å²) < 4.78 is 15.4. The van der Waals surface area contributed by atoms with Crippen LogP contribution in [0.3, 0.4) is 0 Å². The molecule has 1 aliphatic heterocycles. The molecule has 134 valence electrons. The Hall–Kier alpha value is -3.75. The summed E-state index contributed by atoms with van der Waals surface area (Å²) in [6.07, 6.45) is 2.68. The molecule has 1 aromatic carbocycles. The number of nitrogens with one attached hydrogen (secondary N) is 2. The fraction of sp³-hybridized carbons (Fsp3) is 0.118. The lowest BCUT2D eigenvalue weighted by atomic mass is 10.1. The van der Waals surface area contributed by atoms with Crippen molar-refractivity contribution in [2.45, 2.75) is 0 Å². The molecule has 0 bridgehead atoms. The first kappa shape index (κ1) is 17.1. The number of rotatable bonds is 6. The molecule has 0 radical (unpaired) electrons. The SMILES string of the molecule is O=C([O-])CNC(=O)/C(=C/c1ccc2c(c1)OCO2)NC(=O)c1ccco1. The number of carbonyl (C=O) groups excluding carboxylic acids is 3. The van der Waals surface area contributed by atoms with E-state index >= 15 is 0 Å². The quantitative estimate of drug-likeness (QED) is 0.676. The minimum atomic E-state index is -1.46. The van der Waals surface area contributed by atoms with Crippen LogP contribution < -0.4 is 25.2 Å². The molecule has 2 amide bonds. The molecule has 2 heterocycles. The van der Waals surface area contributed by atoms with Crippen LogP contribution in [0.2, 0.25) is 0 Å². The van der Waals surface area contributed by atoms with Crippen LogP contribution in [0.25, 0.3) is 6.08 Å². The van der Waals surface area contributed by atoms with Crippen molar-refractivity contribution in [3.63, 3.8) is 0 Å². The van der Waals surface area contributed by atoms with Crippen molar-refractivity contribution < 1.29 is 33.4 Å². The van der Waals surface area contributed by atoms with Gasteiger partial charge in [-0.3, -0.25) is 9.59 Å². The van der Waals surface area contributed by atoms with Crippen molar-refractivity contribution in [2.75, 3.05) is 13.3 Å². The molecule has 0 saturated heterocycles. The molecule has 9 heteroatoms. The predicted octanol–water partition coefficient (Wildman–Crippen LogP) is -0.355. The third kappa shape index (κ3) is 4.01. The van der Waals surface area contributed by atoms with E-state index in [0.717, 1.165) is 0 Å². The van der Waals surface area contributed by atoms with Gasteiger partial charge in [0.15, 0.2) is 17.3 Å². The highest BCUT2D eigenvalue weighted by Gasteiger charge is 2.17. The van der Waals surface area contributed by atoms with Gasteiger partial charge >= 0.3 is 0 Å². The molecule has 1 aliphatic rings. The molecule has 2 N–H and O–H groups in total. The predicted molar refractivity (Wildman–Crippen MR) is 84.7 cm³/mol. The topological polar surface area (TPSA) is 130 Å². The Balaban J connectivity index is 1.85. The lowest BCUT2D eigenvalue weighted by molar-refractivity contribution is -0.303. The maximum Gasteiger partial charge on any atom is 0.291 e. The lowest BCUT2D eigenvalue weighted by Crippen LogP contribution is -2.41. The van der Waals surface area contributed by atoms with E-state index in [-0.39, 0.29) is 18.3 Å². The number of hydrogen-bond donors (Lipinski definition) is 2. The van der Waals surface area contributed by atoms with Crippen LogP contribution in [0.5, 0.6) is 11.5 Å². The number of carbonyl (C=O) groups is 3. The van der Waals surface area contributed by atoms with Gasteiger partial charge in [0.2, 0.25) is 6.79 Å². The highest BCUT2D eigenvalue weighted by Crippen LogP contribution is 2.33. The van der Waals surface area contributed by atoms with Crippen molar-refractivity contribution in [1.82, 2.24) is 10.6 Å². The molecular weight excluding hydrogens is 344 g/mol. The largest absolute Gasteiger partial charge is 0.548 e. The van der Waals surface area contributed by atoms with Crippen LogP contribution in [0.1, 0.15) is 16.1 Å². The maximum absolute atomic E-state index is 12.2. The van der Waals surface area contributed by atoms with Crippen LogP contribution in [0.4, 0.5) is 0 Å². The van der Waals surface area contributed by atoms with Crippen LogP contribution in [0, 0.1) is 0 Å². The Morgan fingerprint density at radius 3 is 2.69 bits per heavy atom. The van der Waals surface area contributed by atoms with E-state index in [1.54, 1.807) is 18.2 Å². The number of ether oxygens (including phenoxy) is 2. The van der Waals surface area contributed by atoms with Crippen molar-refractivity contribution in [3.05, 3.63) is 53.6 Å². The van der Waals surface area contributed by atoms with Gasteiger partial charge in [-0.25, -0.2) is 0 Å². The molecule has 2 aromatic rings. The number of furan rings is 1. The fourth-order valence-electron chi connectivity index (χ4n) is 2.17. The average molecular weight is 357 g/mol. The molecule has 26 heavy (non-hydrogen) atoms. The van der Waals surface area contributed by atoms with Gasteiger partial charge in [-0.1, -0.05) is 6.07 Å². The summed E-state index contributed by atoms with van der Waals surface area (Å²) in [4.78, 5) is 34.9. The summed E-state index contributed by atoms with van der Waals surface area (Å²) >= 11 is 0. The summed E-state index contributed by atoms with van der Waals surface area (Å²) in [5, 5.41) is 15.1. The van der Waals surface area contributed by atoms with Gasteiger partial charge in [-0.15, -0.1) is 0 Å². The maximum atomic E-state index is 12.2. The summed E-state index contributed by atoms with van der Waals surface area (Å²) in [5.41, 5.74) is 0.360. The number of hydrogen-bond acceptors (Lipinski definition) is 7. The Morgan fingerprint density at radius 2 is 1.96 bits per heavy atom. The lowest BCUT2D eigenvalue weighted by Gasteiger charge is -2.11. The Bertz CT molecular complexity index is 871. The number of amides is 2. The van der Waals surface area contributed by atoms with E-state index < -0.39 is 24.3 Å². The molecule has 1 aromatic heterocycles. The van der Waals surface area contributed by atoms with E-state index in [2.05, 4.69) is 10.6 Å². The van der Waals surface area contributed by atoms with Crippen molar-refractivity contribution >= 4 is 23.9 Å². The molecular formula is C17H13N2O7-. The Morgan fingerprint density at radius 1 is 1.15 bits per heavy atom. The van der Waals surface area contributed by atoms with Gasteiger partial charge in [-0.05, 0) is 35.9 Å². The van der Waals surface area contributed by atoms with E-state index in [0.29, 0.717) is 17.1 Å². The van der Waals surface area contributed by atoms with Crippen LogP contribution in [-0.4, -0.2) is 31.1 Å². The van der Waals surface area contributed by atoms with E-state index in [9.17, 15) is 19.5 Å². The zero-order valence-electron chi connectivity index (χ0n) is 13.3. The van der Waals surface area contributed by atoms with E-state index in [1.807, 2.05) is 0 Å². The minimum Gasteiger partial charge on any atom is -0.548 e. The second-order valence-electron chi connectivity index (χ2n) is 5.16. The van der Waals surface area contributed by atoms with E-state index in [1.165, 1.54) is 24.5 Å². The summed E-state index contributed by atoms with van der Waals surface area (Å²) in [7, 11) is 0. The Labute approximate surface area is 147 Å². The smallest absolute Gasteiger partial charge is 0.291 e. The zero-order valence-corrected chi connectivity index (χ0v) is 13.3. The van der Waals surface area contributed by atoms with Gasteiger partial charge < -0.3 is 34.4 Å². The van der Waals surface area contributed by atoms with Gasteiger partial charge in [0.05, 0.1) is 18.8 Å². The highest BCUT2D eigenvalue weighted by atomic mass is 16.7. The summed E-state index contributed by atoms with van der Waals surface area (Å²) in [6.45, 7) is -0.607. The van der Waals surface area contributed by atoms with E-state index in [4.69, 9.17) is 13.9 Å². The number of aliphatic carboxylic acids is 1. The molecule has 0 spiro atoms. The molecule has 0 aliphatic carbocycles. The van der Waals surface area contributed by atoms with Gasteiger partial charge in [0, 0.05) is 0 Å². The molecule has 0 saturated carbocycles. The molecule has 0 unspecified atom stereocenters. The number of fused-ring (bicyclic) bond motifs is 1. The molecule has 3 rings (SSSR count). The first-order valence-electron chi connectivity index (χ1n) is 7.47. The second-order valence-corrected chi connectivity index (χ2v) is 5.16. The highest BCUT2D eigenvalue weighted by molar-refractivity contribution is 6.05.